The van der Waals surface area contributed by atoms with E-state index in [9.17, 15) is 9.59 Å². The van der Waals surface area contributed by atoms with E-state index in [2.05, 4.69) is 34.6 Å². The van der Waals surface area contributed by atoms with Gasteiger partial charge in [-0.25, -0.2) is 13.9 Å². The first-order valence-electron chi connectivity index (χ1n) is 10.5. The number of nitrogens with zero attached hydrogens (tertiary/aromatic N) is 3. The number of likely N-dealkylation sites (tertiary alicyclic amines) is 1. The van der Waals surface area contributed by atoms with E-state index in [4.69, 9.17) is 4.74 Å². The highest BCUT2D eigenvalue weighted by Gasteiger charge is 2.28. The summed E-state index contributed by atoms with van der Waals surface area (Å²) in [7, 11) is 0. The summed E-state index contributed by atoms with van der Waals surface area (Å²) in [4.78, 5) is 26.7. The molecule has 0 bridgehead atoms. The van der Waals surface area contributed by atoms with E-state index in [0.29, 0.717) is 18.7 Å². The normalized spacial score (nSPS) is 15.6. The molecule has 1 aromatic carbocycles. The fraction of sp³-hybridized carbons (Fsp3) is 0.591. The molecule has 0 spiro atoms. The molecule has 7 heteroatoms. The predicted molar refractivity (Wildman–Crippen MR) is 112 cm³/mol. The molecule has 1 aromatic heterocycles. The maximum atomic E-state index is 12.8. The van der Waals surface area contributed by atoms with Gasteiger partial charge >= 0.3 is 6.09 Å². The lowest BCUT2D eigenvalue weighted by Crippen LogP contribution is -2.47. The number of hydrogen-bond acceptors (Lipinski definition) is 3. The number of aryl methyl sites for hydroxylation is 2. The second kappa shape index (κ2) is 8.43. The number of imidazole rings is 1. The highest BCUT2D eigenvalue weighted by molar-refractivity contribution is 5.97. The van der Waals surface area contributed by atoms with Crippen molar-refractivity contribution in [1.29, 1.82) is 0 Å². The van der Waals surface area contributed by atoms with Crippen LogP contribution in [0.15, 0.2) is 24.5 Å². The Morgan fingerprint density at radius 3 is 2.48 bits per heavy atom. The molecule has 7 nitrogen and oxygen atoms in total. The monoisotopic (exact) mass is 401 g/mol. The van der Waals surface area contributed by atoms with Crippen molar-refractivity contribution < 1.29 is 18.9 Å². The smallest absolute Gasteiger partial charge is 0.410 e. The Hall–Kier alpha value is -2.57. The number of amides is 2. The van der Waals surface area contributed by atoms with Crippen molar-refractivity contribution in [3.63, 3.8) is 0 Å². The van der Waals surface area contributed by atoms with Gasteiger partial charge in [-0.2, -0.15) is 0 Å². The number of fused-ring (bicyclic) bond motifs is 1. The maximum Gasteiger partial charge on any atom is 0.410 e. The Morgan fingerprint density at radius 2 is 1.90 bits per heavy atom. The molecule has 1 aliphatic heterocycles. The van der Waals surface area contributed by atoms with Crippen LogP contribution in [0.4, 0.5) is 4.79 Å². The van der Waals surface area contributed by atoms with E-state index < -0.39 is 5.60 Å². The molecule has 1 fully saturated rings. The third kappa shape index (κ3) is 4.89. The van der Waals surface area contributed by atoms with Crippen molar-refractivity contribution in [2.75, 3.05) is 13.1 Å². The molecule has 2 heterocycles. The molecule has 3 rings (SSSR count). The van der Waals surface area contributed by atoms with E-state index >= 15 is 0 Å². The minimum Gasteiger partial charge on any atom is -0.444 e. The fourth-order valence-corrected chi connectivity index (χ4v) is 3.74. The number of aromatic nitrogens is 2. The summed E-state index contributed by atoms with van der Waals surface area (Å²) in [5.74, 6) is -0.0606. The Labute approximate surface area is 172 Å². The van der Waals surface area contributed by atoms with Crippen LogP contribution in [0.1, 0.15) is 57.8 Å². The quantitative estimate of drug-likeness (QED) is 0.801. The van der Waals surface area contributed by atoms with Gasteiger partial charge in [0.25, 0.3) is 5.91 Å². The van der Waals surface area contributed by atoms with Crippen LogP contribution in [0.3, 0.4) is 0 Å². The molecule has 2 amide bonds. The number of carbonyl (C=O) groups excluding carboxylic acids is 2. The first kappa shape index (κ1) is 21.1. The number of hydrogen-bond donors (Lipinski definition) is 1. The minimum absolute atomic E-state index is 0.0606. The van der Waals surface area contributed by atoms with Crippen LogP contribution in [-0.2, 0) is 17.8 Å². The highest BCUT2D eigenvalue weighted by atomic mass is 16.6. The van der Waals surface area contributed by atoms with E-state index in [1.807, 2.05) is 39.0 Å². The van der Waals surface area contributed by atoms with Gasteiger partial charge < -0.3 is 15.0 Å². The highest BCUT2D eigenvalue weighted by Crippen LogP contribution is 2.17. The SMILES string of the molecule is CCn1c[n+](CC)c2ccc(C(=O)NC3CCN(C(=O)OC(C)(C)C)CC3)cc21. The topological polar surface area (TPSA) is 67.5 Å². The van der Waals surface area contributed by atoms with Crippen molar-refractivity contribution in [2.24, 2.45) is 0 Å². The number of ether oxygens (including phenoxy) is 1. The second-order valence-electron chi connectivity index (χ2n) is 8.61. The molecule has 1 N–H and O–H groups in total. The van der Waals surface area contributed by atoms with E-state index in [0.717, 1.165) is 37.0 Å². The van der Waals surface area contributed by atoms with Crippen LogP contribution in [0.25, 0.3) is 11.0 Å². The molecule has 0 aliphatic carbocycles. The van der Waals surface area contributed by atoms with Crippen LogP contribution in [0, 0.1) is 0 Å². The van der Waals surface area contributed by atoms with Gasteiger partial charge in [0.15, 0.2) is 11.0 Å². The standard InChI is InChI=1S/C22H32N4O3/c1-6-24-15-25(7-2)19-14-16(8-9-18(19)24)20(27)23-17-10-12-26(13-11-17)21(28)29-22(3,4)5/h8-9,14-15,17H,6-7,10-13H2,1-5H3/p+1. The van der Waals surface area contributed by atoms with Gasteiger partial charge in [0.1, 0.15) is 5.60 Å². The minimum atomic E-state index is -0.493. The Bertz CT molecular complexity index is 889. The molecule has 0 unspecified atom stereocenters. The summed E-state index contributed by atoms with van der Waals surface area (Å²) in [6.45, 7) is 12.8. The summed E-state index contributed by atoms with van der Waals surface area (Å²) in [6, 6.07) is 5.94. The van der Waals surface area contributed by atoms with Crippen molar-refractivity contribution in [3.8, 4) is 0 Å². The Balaban J connectivity index is 1.62. The number of nitrogens with one attached hydrogen (secondary N) is 1. The van der Waals surface area contributed by atoms with Crippen LogP contribution < -0.4 is 9.88 Å². The molecule has 0 radical (unpaired) electrons. The zero-order chi connectivity index (χ0) is 21.2. The molecule has 158 valence electrons. The van der Waals surface area contributed by atoms with Gasteiger partial charge in [-0.1, -0.05) is 0 Å². The molecule has 0 atom stereocenters. The summed E-state index contributed by atoms with van der Waals surface area (Å²) >= 11 is 0. The van der Waals surface area contributed by atoms with Gasteiger partial charge in [-0.05, 0) is 59.6 Å². The Kier molecular flexibility index (Phi) is 6.15. The summed E-state index contributed by atoms with van der Waals surface area (Å²) in [6.07, 6.45) is 3.28. The number of benzene rings is 1. The Morgan fingerprint density at radius 1 is 1.21 bits per heavy atom. The van der Waals surface area contributed by atoms with Crippen molar-refractivity contribution in [3.05, 3.63) is 30.1 Å². The fourth-order valence-electron chi connectivity index (χ4n) is 3.74. The van der Waals surface area contributed by atoms with Gasteiger partial charge in [0.2, 0.25) is 6.33 Å². The number of rotatable bonds is 4. The average Bonchev–Trinajstić information content (AvgIpc) is 3.04. The second-order valence-corrected chi connectivity index (χ2v) is 8.61. The van der Waals surface area contributed by atoms with Crippen LogP contribution >= 0.6 is 0 Å². The number of piperidine rings is 1. The lowest BCUT2D eigenvalue weighted by Gasteiger charge is -2.33. The predicted octanol–water partition coefficient (Wildman–Crippen LogP) is 3.10. The van der Waals surface area contributed by atoms with Gasteiger partial charge in [0, 0.05) is 30.8 Å². The first-order valence-corrected chi connectivity index (χ1v) is 10.5. The maximum absolute atomic E-state index is 12.8. The van der Waals surface area contributed by atoms with Crippen LogP contribution in [-0.4, -0.2) is 46.2 Å². The zero-order valence-electron chi connectivity index (χ0n) is 18.2. The summed E-state index contributed by atoms with van der Waals surface area (Å²) in [5, 5.41) is 3.13. The van der Waals surface area contributed by atoms with Crippen molar-refractivity contribution in [2.45, 2.75) is 72.2 Å². The number of carbonyl (C=O) groups is 2. The van der Waals surface area contributed by atoms with Crippen molar-refractivity contribution in [1.82, 2.24) is 14.8 Å². The molecule has 1 saturated heterocycles. The largest absolute Gasteiger partial charge is 0.444 e. The molecular weight excluding hydrogens is 368 g/mol. The lowest BCUT2D eigenvalue weighted by molar-refractivity contribution is -0.668. The van der Waals surface area contributed by atoms with Crippen LogP contribution in [0.5, 0.6) is 0 Å². The lowest BCUT2D eigenvalue weighted by atomic mass is 10.0. The van der Waals surface area contributed by atoms with E-state index in [-0.39, 0.29) is 18.0 Å². The molecule has 1 aliphatic rings. The van der Waals surface area contributed by atoms with Crippen molar-refractivity contribution >= 4 is 23.0 Å². The first-order chi connectivity index (χ1) is 13.7. The molecule has 29 heavy (non-hydrogen) atoms. The molecular formula is C22H33N4O3+. The van der Waals surface area contributed by atoms with Gasteiger partial charge in [-0.3, -0.25) is 4.79 Å². The third-order valence-corrected chi connectivity index (χ3v) is 5.30. The van der Waals surface area contributed by atoms with Gasteiger partial charge in [0.05, 0.1) is 13.1 Å². The van der Waals surface area contributed by atoms with Gasteiger partial charge in [-0.15, -0.1) is 0 Å². The van der Waals surface area contributed by atoms with E-state index in [1.54, 1.807) is 4.90 Å². The van der Waals surface area contributed by atoms with E-state index in [1.165, 1.54) is 0 Å². The third-order valence-electron chi connectivity index (χ3n) is 5.30. The molecule has 0 saturated carbocycles. The summed E-state index contributed by atoms with van der Waals surface area (Å²) in [5.41, 5.74) is 2.38. The molecule has 2 aromatic rings. The summed E-state index contributed by atoms with van der Waals surface area (Å²) < 4.78 is 9.78. The zero-order valence-corrected chi connectivity index (χ0v) is 18.2. The average molecular weight is 402 g/mol. The van der Waals surface area contributed by atoms with Crippen LogP contribution in [0.2, 0.25) is 0 Å².